The number of benzene rings is 1. The summed E-state index contributed by atoms with van der Waals surface area (Å²) in [7, 11) is 0. The minimum atomic E-state index is -0.569. The number of rotatable bonds is 3. The minimum Gasteiger partial charge on any atom is -0.443 e. The number of nitrogens with zero attached hydrogens (tertiary/aromatic N) is 1. The average Bonchev–Trinajstić information content (AvgIpc) is 2.88. The fraction of sp³-hybridized carbons (Fsp3) is 0.0769. The number of aliphatic imine (C=N–C) groups is 1. The van der Waals surface area contributed by atoms with Crippen LogP contribution >= 0.6 is 11.3 Å². The van der Waals surface area contributed by atoms with Crippen LogP contribution in [0.4, 0.5) is 4.79 Å². The zero-order chi connectivity index (χ0) is 11.9. The number of carbonyl (C=O) groups excluding carboxylic acids is 1. The second-order valence-corrected chi connectivity index (χ2v) is 4.14. The molecule has 0 unspecified atom stereocenters. The third kappa shape index (κ3) is 3.85. The highest BCUT2D eigenvalue weighted by Crippen LogP contribution is 2.04. The van der Waals surface area contributed by atoms with Gasteiger partial charge in [0.2, 0.25) is 0 Å². The third-order valence-electron chi connectivity index (χ3n) is 2.07. The van der Waals surface area contributed by atoms with Gasteiger partial charge in [-0.15, -0.1) is 0 Å². The summed E-state index contributed by atoms with van der Waals surface area (Å²) in [6.07, 6.45) is 0.934. The number of amides is 1. The number of hydrogen-bond acceptors (Lipinski definition) is 3. The van der Waals surface area contributed by atoms with Gasteiger partial charge in [0, 0.05) is 11.8 Å². The lowest BCUT2D eigenvalue weighted by Crippen LogP contribution is -1.99. The van der Waals surface area contributed by atoms with Gasteiger partial charge in [-0.2, -0.15) is 16.3 Å². The number of thiophene rings is 1. The molecule has 0 aliphatic carbocycles. The van der Waals surface area contributed by atoms with E-state index in [4.69, 9.17) is 4.74 Å². The molecule has 2 aromatic rings. The zero-order valence-electron chi connectivity index (χ0n) is 9.08. The van der Waals surface area contributed by atoms with E-state index in [1.807, 2.05) is 47.2 Å². The van der Waals surface area contributed by atoms with Crippen molar-refractivity contribution in [2.24, 2.45) is 4.99 Å². The molecule has 86 valence electrons. The predicted molar refractivity (Wildman–Crippen MR) is 68.5 cm³/mol. The maximum Gasteiger partial charge on any atom is 0.433 e. The average molecular weight is 245 g/mol. The molecule has 1 heterocycles. The van der Waals surface area contributed by atoms with E-state index in [-0.39, 0.29) is 6.61 Å². The van der Waals surface area contributed by atoms with Crippen LogP contribution in [-0.2, 0) is 11.3 Å². The zero-order valence-corrected chi connectivity index (χ0v) is 9.89. The number of ether oxygens (including phenoxy) is 1. The predicted octanol–water partition coefficient (Wildman–Crippen LogP) is 3.50. The molecule has 0 bridgehead atoms. The molecule has 4 heteroatoms. The molecule has 0 aliphatic rings. The summed E-state index contributed by atoms with van der Waals surface area (Å²) in [5, 5.41) is 3.84. The van der Waals surface area contributed by atoms with E-state index in [2.05, 4.69) is 4.99 Å². The maximum atomic E-state index is 11.3. The Morgan fingerprint density at radius 3 is 2.82 bits per heavy atom. The van der Waals surface area contributed by atoms with Gasteiger partial charge < -0.3 is 4.74 Å². The molecule has 0 saturated heterocycles. The fourth-order valence-electron chi connectivity index (χ4n) is 1.23. The van der Waals surface area contributed by atoms with Gasteiger partial charge in [-0.3, -0.25) is 0 Å². The standard InChI is InChI=1S/C13H11NO2S/c15-13(14-8-12-6-7-17-10-12)16-9-11-4-2-1-3-5-11/h1-8,10H,9H2/b14-8+. The van der Waals surface area contributed by atoms with Gasteiger partial charge in [-0.1, -0.05) is 30.3 Å². The van der Waals surface area contributed by atoms with Crippen molar-refractivity contribution in [2.45, 2.75) is 6.61 Å². The van der Waals surface area contributed by atoms with E-state index in [0.29, 0.717) is 0 Å². The van der Waals surface area contributed by atoms with Crippen molar-refractivity contribution >= 4 is 23.6 Å². The van der Waals surface area contributed by atoms with Gasteiger partial charge in [0.1, 0.15) is 6.61 Å². The van der Waals surface area contributed by atoms with E-state index in [9.17, 15) is 4.79 Å². The monoisotopic (exact) mass is 245 g/mol. The molecule has 0 saturated carbocycles. The van der Waals surface area contributed by atoms with Crippen LogP contribution in [0.5, 0.6) is 0 Å². The van der Waals surface area contributed by atoms with E-state index in [1.54, 1.807) is 11.3 Å². The summed E-state index contributed by atoms with van der Waals surface area (Å²) in [5.74, 6) is 0. The highest BCUT2D eigenvalue weighted by molar-refractivity contribution is 7.08. The molecule has 1 amide bonds. The highest BCUT2D eigenvalue weighted by atomic mass is 32.1. The van der Waals surface area contributed by atoms with Crippen molar-refractivity contribution in [1.29, 1.82) is 0 Å². The summed E-state index contributed by atoms with van der Waals surface area (Å²) in [6.45, 7) is 0.251. The van der Waals surface area contributed by atoms with Crippen LogP contribution in [0.3, 0.4) is 0 Å². The van der Waals surface area contributed by atoms with E-state index >= 15 is 0 Å². The van der Waals surface area contributed by atoms with Crippen molar-refractivity contribution < 1.29 is 9.53 Å². The molecule has 2 rings (SSSR count). The van der Waals surface area contributed by atoms with Crippen LogP contribution < -0.4 is 0 Å². The van der Waals surface area contributed by atoms with Crippen molar-refractivity contribution in [1.82, 2.24) is 0 Å². The van der Waals surface area contributed by atoms with Crippen molar-refractivity contribution in [3.63, 3.8) is 0 Å². The quantitative estimate of drug-likeness (QED) is 0.776. The van der Waals surface area contributed by atoms with Gasteiger partial charge in [0.15, 0.2) is 0 Å². The first kappa shape index (κ1) is 11.5. The molecule has 0 N–H and O–H groups in total. The summed E-state index contributed by atoms with van der Waals surface area (Å²) in [5.41, 5.74) is 1.86. The van der Waals surface area contributed by atoms with Crippen molar-refractivity contribution in [2.75, 3.05) is 0 Å². The van der Waals surface area contributed by atoms with Crippen LogP contribution in [0.2, 0.25) is 0 Å². The third-order valence-corrected chi connectivity index (χ3v) is 2.77. The highest BCUT2D eigenvalue weighted by Gasteiger charge is 1.99. The summed E-state index contributed by atoms with van der Waals surface area (Å²) in [4.78, 5) is 15.0. The van der Waals surface area contributed by atoms with Gasteiger partial charge in [0.25, 0.3) is 0 Å². The van der Waals surface area contributed by atoms with Crippen molar-refractivity contribution in [3.8, 4) is 0 Å². The molecule has 0 spiro atoms. The molecule has 0 atom stereocenters. The molecule has 17 heavy (non-hydrogen) atoms. The molecule has 1 aromatic carbocycles. The lowest BCUT2D eigenvalue weighted by atomic mass is 10.2. The number of hydrogen-bond donors (Lipinski definition) is 0. The second kappa shape index (κ2) is 5.96. The first-order chi connectivity index (χ1) is 8.34. The van der Waals surface area contributed by atoms with Gasteiger partial charge in [-0.25, -0.2) is 4.79 Å². The minimum absolute atomic E-state index is 0.251. The smallest absolute Gasteiger partial charge is 0.433 e. The molecule has 3 nitrogen and oxygen atoms in total. The Balaban J connectivity index is 1.82. The second-order valence-electron chi connectivity index (χ2n) is 3.36. The molecular weight excluding hydrogens is 234 g/mol. The maximum absolute atomic E-state index is 11.3. The SMILES string of the molecule is O=C(/N=C/c1ccsc1)OCc1ccccc1. The molecule has 0 aliphatic heterocycles. The topological polar surface area (TPSA) is 38.7 Å². The van der Waals surface area contributed by atoms with Crippen LogP contribution in [0.25, 0.3) is 0 Å². The molecular formula is C13H11NO2S. The van der Waals surface area contributed by atoms with Crippen LogP contribution in [0.1, 0.15) is 11.1 Å². The lowest BCUT2D eigenvalue weighted by molar-refractivity contribution is 0.151. The number of carbonyl (C=O) groups is 1. The van der Waals surface area contributed by atoms with Crippen LogP contribution in [-0.4, -0.2) is 12.3 Å². The van der Waals surface area contributed by atoms with Crippen molar-refractivity contribution in [3.05, 3.63) is 58.3 Å². The Kier molecular flexibility index (Phi) is 4.05. The lowest BCUT2D eigenvalue weighted by Gasteiger charge is -2.00. The van der Waals surface area contributed by atoms with E-state index in [0.717, 1.165) is 11.1 Å². The first-order valence-corrected chi connectivity index (χ1v) is 6.06. The Morgan fingerprint density at radius 1 is 1.29 bits per heavy atom. The Morgan fingerprint density at radius 2 is 2.12 bits per heavy atom. The Labute approximate surface area is 103 Å². The Hall–Kier alpha value is -1.94. The molecule has 0 fully saturated rings. The summed E-state index contributed by atoms with van der Waals surface area (Å²) >= 11 is 1.56. The van der Waals surface area contributed by atoms with Crippen LogP contribution in [0.15, 0.2) is 52.2 Å². The molecule has 1 aromatic heterocycles. The van der Waals surface area contributed by atoms with Gasteiger partial charge in [-0.05, 0) is 22.4 Å². The largest absolute Gasteiger partial charge is 0.443 e. The van der Waals surface area contributed by atoms with Crippen LogP contribution in [0, 0.1) is 0 Å². The van der Waals surface area contributed by atoms with Gasteiger partial charge in [0.05, 0.1) is 0 Å². The van der Waals surface area contributed by atoms with E-state index in [1.165, 1.54) is 6.21 Å². The summed E-state index contributed by atoms with van der Waals surface area (Å²) < 4.78 is 4.99. The summed E-state index contributed by atoms with van der Waals surface area (Å²) in [6, 6.07) is 11.4. The molecule has 0 radical (unpaired) electrons. The first-order valence-electron chi connectivity index (χ1n) is 5.11. The van der Waals surface area contributed by atoms with Gasteiger partial charge >= 0.3 is 6.09 Å². The van der Waals surface area contributed by atoms with E-state index < -0.39 is 6.09 Å². The fourth-order valence-corrected chi connectivity index (χ4v) is 1.84. The normalized spacial score (nSPS) is 10.6. The Bertz CT molecular complexity index is 491.